The van der Waals surface area contributed by atoms with Gasteiger partial charge in [0.2, 0.25) is 0 Å². The van der Waals surface area contributed by atoms with Crippen LogP contribution in [0, 0.1) is 5.92 Å². The molecule has 0 saturated heterocycles. The molecule has 0 aromatic rings. The smallest absolute Gasteiger partial charge is 0.334 e. The molecule has 0 saturated carbocycles. The van der Waals surface area contributed by atoms with Crippen molar-refractivity contribution in [2.24, 2.45) is 5.92 Å². The Balaban J connectivity index is 4.10. The fourth-order valence-corrected chi connectivity index (χ4v) is 1.08. The molecule has 0 aliphatic rings. The van der Waals surface area contributed by atoms with Gasteiger partial charge in [-0.3, -0.25) is 0 Å². The second-order valence-electron chi connectivity index (χ2n) is 3.35. The lowest BCUT2D eigenvalue weighted by Gasteiger charge is -2.10. The van der Waals surface area contributed by atoms with E-state index in [1.807, 2.05) is 26.8 Å². The molecule has 0 bridgehead atoms. The van der Waals surface area contributed by atoms with Gasteiger partial charge in [0.15, 0.2) is 0 Å². The summed E-state index contributed by atoms with van der Waals surface area (Å²) in [6.45, 7) is 6.75. The van der Waals surface area contributed by atoms with Crippen LogP contribution in [-0.4, -0.2) is 26.3 Å². The third-order valence-electron chi connectivity index (χ3n) is 1.80. The average Bonchev–Trinajstić information content (AvgIpc) is 2.13. The Bertz CT molecular complexity index is 195. The quantitative estimate of drug-likeness (QED) is 0.374. The SMILES string of the molecule is CCC=C(C(=O)OCCOC)C(C)C. The first kappa shape index (κ1) is 13.2. The van der Waals surface area contributed by atoms with Gasteiger partial charge in [0, 0.05) is 12.7 Å². The number of hydrogen-bond donors (Lipinski definition) is 0. The van der Waals surface area contributed by atoms with Gasteiger partial charge >= 0.3 is 5.97 Å². The summed E-state index contributed by atoms with van der Waals surface area (Å²) < 4.78 is 9.82. The monoisotopic (exact) mass is 200 g/mol. The Morgan fingerprint density at radius 1 is 1.36 bits per heavy atom. The van der Waals surface area contributed by atoms with Crippen LogP contribution < -0.4 is 0 Å². The Morgan fingerprint density at radius 3 is 2.43 bits per heavy atom. The fourth-order valence-electron chi connectivity index (χ4n) is 1.08. The molecule has 3 nitrogen and oxygen atoms in total. The van der Waals surface area contributed by atoms with Crippen molar-refractivity contribution in [3.8, 4) is 0 Å². The summed E-state index contributed by atoms with van der Waals surface area (Å²) in [5, 5.41) is 0. The van der Waals surface area contributed by atoms with E-state index >= 15 is 0 Å². The molecule has 0 radical (unpaired) electrons. The highest BCUT2D eigenvalue weighted by atomic mass is 16.6. The first-order valence-corrected chi connectivity index (χ1v) is 4.99. The molecule has 0 aromatic heterocycles. The predicted molar refractivity (Wildman–Crippen MR) is 56.0 cm³/mol. The van der Waals surface area contributed by atoms with E-state index in [1.54, 1.807) is 7.11 Å². The molecule has 0 atom stereocenters. The van der Waals surface area contributed by atoms with Gasteiger partial charge in [0.1, 0.15) is 6.61 Å². The number of allylic oxidation sites excluding steroid dienone is 1. The Kier molecular flexibility index (Phi) is 7.11. The van der Waals surface area contributed by atoms with Crippen molar-refractivity contribution in [2.75, 3.05) is 20.3 Å². The average molecular weight is 200 g/mol. The summed E-state index contributed by atoms with van der Waals surface area (Å²) in [5.74, 6) is -0.0103. The number of ether oxygens (including phenoxy) is 2. The van der Waals surface area contributed by atoms with Crippen LogP contribution in [0.25, 0.3) is 0 Å². The van der Waals surface area contributed by atoms with Crippen molar-refractivity contribution in [3.05, 3.63) is 11.6 Å². The third kappa shape index (κ3) is 5.02. The van der Waals surface area contributed by atoms with Crippen LogP contribution in [0.1, 0.15) is 27.2 Å². The van der Waals surface area contributed by atoms with Crippen molar-refractivity contribution in [2.45, 2.75) is 27.2 Å². The minimum atomic E-state index is -0.223. The molecule has 0 aliphatic carbocycles. The number of rotatable bonds is 6. The summed E-state index contributed by atoms with van der Waals surface area (Å²) in [7, 11) is 1.58. The molecule has 0 aromatic carbocycles. The van der Waals surface area contributed by atoms with E-state index in [4.69, 9.17) is 9.47 Å². The molecule has 82 valence electrons. The summed E-state index contributed by atoms with van der Waals surface area (Å²) in [4.78, 5) is 11.5. The first-order chi connectivity index (χ1) is 6.63. The van der Waals surface area contributed by atoms with Crippen LogP contribution in [0.5, 0.6) is 0 Å². The van der Waals surface area contributed by atoms with Gasteiger partial charge in [0.05, 0.1) is 6.61 Å². The van der Waals surface area contributed by atoms with E-state index < -0.39 is 0 Å². The normalized spacial score (nSPS) is 11.9. The lowest BCUT2D eigenvalue weighted by molar-refractivity contribution is -0.140. The van der Waals surface area contributed by atoms with Crippen LogP contribution in [0.15, 0.2) is 11.6 Å². The third-order valence-corrected chi connectivity index (χ3v) is 1.80. The van der Waals surface area contributed by atoms with Crippen molar-refractivity contribution in [1.82, 2.24) is 0 Å². The van der Waals surface area contributed by atoms with Crippen molar-refractivity contribution in [1.29, 1.82) is 0 Å². The molecule has 0 fully saturated rings. The van der Waals surface area contributed by atoms with Crippen LogP contribution in [-0.2, 0) is 14.3 Å². The molecule has 0 spiro atoms. The summed E-state index contributed by atoms with van der Waals surface area (Å²) in [5.41, 5.74) is 0.753. The molecule has 0 heterocycles. The number of hydrogen-bond acceptors (Lipinski definition) is 3. The van der Waals surface area contributed by atoms with Gasteiger partial charge in [-0.15, -0.1) is 0 Å². The van der Waals surface area contributed by atoms with E-state index in [9.17, 15) is 4.79 Å². The summed E-state index contributed by atoms with van der Waals surface area (Å²) in [6.07, 6.45) is 2.77. The van der Waals surface area contributed by atoms with Crippen molar-refractivity contribution >= 4 is 5.97 Å². The van der Waals surface area contributed by atoms with Crippen LogP contribution in [0.4, 0.5) is 0 Å². The van der Waals surface area contributed by atoms with E-state index in [2.05, 4.69) is 0 Å². The Labute approximate surface area is 86.1 Å². The minimum Gasteiger partial charge on any atom is -0.460 e. The van der Waals surface area contributed by atoms with Gasteiger partial charge in [-0.25, -0.2) is 4.79 Å². The number of carbonyl (C=O) groups is 1. The zero-order valence-electron chi connectivity index (χ0n) is 9.50. The summed E-state index contributed by atoms with van der Waals surface area (Å²) in [6, 6.07) is 0. The summed E-state index contributed by atoms with van der Waals surface area (Å²) >= 11 is 0. The number of carbonyl (C=O) groups excluding carboxylic acids is 1. The number of methoxy groups -OCH3 is 1. The van der Waals surface area contributed by atoms with Gasteiger partial charge < -0.3 is 9.47 Å². The van der Waals surface area contributed by atoms with Crippen LogP contribution in [0.3, 0.4) is 0 Å². The first-order valence-electron chi connectivity index (χ1n) is 4.99. The molecule has 0 unspecified atom stereocenters. The molecule has 0 N–H and O–H groups in total. The zero-order valence-corrected chi connectivity index (χ0v) is 9.50. The fraction of sp³-hybridized carbons (Fsp3) is 0.727. The van der Waals surface area contributed by atoms with Crippen molar-refractivity contribution < 1.29 is 14.3 Å². The zero-order chi connectivity index (χ0) is 11.0. The Morgan fingerprint density at radius 2 is 2.00 bits per heavy atom. The Hall–Kier alpha value is -0.830. The predicted octanol–water partition coefficient (Wildman–Crippen LogP) is 2.17. The van der Waals surface area contributed by atoms with Gasteiger partial charge in [-0.1, -0.05) is 26.8 Å². The standard InChI is InChI=1S/C11H20O3/c1-5-6-10(9(2)3)11(12)14-8-7-13-4/h6,9H,5,7-8H2,1-4H3. The maximum atomic E-state index is 11.5. The lowest BCUT2D eigenvalue weighted by Crippen LogP contribution is -2.15. The van der Waals surface area contributed by atoms with Crippen molar-refractivity contribution in [3.63, 3.8) is 0 Å². The molecule has 14 heavy (non-hydrogen) atoms. The highest BCUT2D eigenvalue weighted by Gasteiger charge is 2.13. The second-order valence-corrected chi connectivity index (χ2v) is 3.35. The lowest BCUT2D eigenvalue weighted by atomic mass is 10.0. The van der Waals surface area contributed by atoms with Crippen LogP contribution >= 0.6 is 0 Å². The molecule has 3 heteroatoms. The number of esters is 1. The minimum absolute atomic E-state index is 0.213. The van der Waals surface area contributed by atoms with Gasteiger partial charge in [-0.05, 0) is 12.3 Å². The van der Waals surface area contributed by atoms with E-state index in [0.717, 1.165) is 12.0 Å². The molecule has 0 amide bonds. The highest BCUT2D eigenvalue weighted by Crippen LogP contribution is 2.12. The van der Waals surface area contributed by atoms with Gasteiger partial charge in [-0.2, -0.15) is 0 Å². The van der Waals surface area contributed by atoms with E-state index in [-0.39, 0.29) is 11.9 Å². The maximum absolute atomic E-state index is 11.5. The largest absolute Gasteiger partial charge is 0.460 e. The second kappa shape index (κ2) is 7.56. The highest BCUT2D eigenvalue weighted by molar-refractivity contribution is 5.88. The van der Waals surface area contributed by atoms with E-state index in [1.165, 1.54) is 0 Å². The molecule has 0 rings (SSSR count). The molecular formula is C11H20O3. The topological polar surface area (TPSA) is 35.5 Å². The molecular weight excluding hydrogens is 180 g/mol. The molecule has 0 aliphatic heterocycles. The maximum Gasteiger partial charge on any atom is 0.334 e. The van der Waals surface area contributed by atoms with E-state index in [0.29, 0.717) is 13.2 Å². The van der Waals surface area contributed by atoms with Crippen LogP contribution in [0.2, 0.25) is 0 Å². The van der Waals surface area contributed by atoms with Gasteiger partial charge in [0.25, 0.3) is 0 Å².